The molecule has 0 aliphatic rings. The van der Waals surface area contributed by atoms with Gasteiger partial charge in [-0.1, -0.05) is 24.3 Å². The number of hydrogen-bond acceptors (Lipinski definition) is 3. The number of nitrogens with two attached hydrogens (primary N) is 1. The van der Waals surface area contributed by atoms with Gasteiger partial charge in [0.25, 0.3) is 5.91 Å². The lowest BCUT2D eigenvalue weighted by Crippen LogP contribution is -2.38. The summed E-state index contributed by atoms with van der Waals surface area (Å²) in [4.78, 5) is 36.9. The number of likely N-dealkylation sites (N-methyl/N-ethyl adjacent to an activating group) is 1. The van der Waals surface area contributed by atoms with Gasteiger partial charge < -0.3 is 21.3 Å². The molecule has 0 saturated carbocycles. The number of alkyl halides is 3. The first-order valence-electron chi connectivity index (χ1n) is 8.99. The highest BCUT2D eigenvalue weighted by Gasteiger charge is 2.33. The molecule has 0 spiro atoms. The Bertz CT molecular complexity index is 914. The predicted octanol–water partition coefficient (Wildman–Crippen LogP) is 2.97. The van der Waals surface area contributed by atoms with Crippen LogP contribution >= 0.6 is 0 Å². The summed E-state index contributed by atoms with van der Waals surface area (Å²) in [6.07, 6.45) is -4.62. The van der Waals surface area contributed by atoms with E-state index in [1.807, 2.05) is 0 Å². The average molecular weight is 422 g/mol. The number of anilines is 1. The van der Waals surface area contributed by atoms with Crippen LogP contribution in [-0.4, -0.2) is 35.8 Å². The van der Waals surface area contributed by atoms with E-state index in [9.17, 15) is 27.6 Å². The second-order valence-corrected chi connectivity index (χ2v) is 6.33. The Balaban J connectivity index is 2.05. The summed E-state index contributed by atoms with van der Waals surface area (Å²) < 4.78 is 39.2. The minimum absolute atomic E-state index is 0.179. The molecule has 4 amide bonds. The van der Waals surface area contributed by atoms with Crippen LogP contribution in [0.3, 0.4) is 0 Å². The summed E-state index contributed by atoms with van der Waals surface area (Å²) >= 11 is 0. The van der Waals surface area contributed by atoms with Gasteiger partial charge in [-0.15, -0.1) is 0 Å². The smallest absolute Gasteiger partial charge is 0.352 e. The summed E-state index contributed by atoms with van der Waals surface area (Å²) in [6, 6.07) is 10.2. The van der Waals surface area contributed by atoms with E-state index in [2.05, 4.69) is 10.6 Å². The number of hydrogen-bond donors (Lipinski definition) is 3. The Morgan fingerprint density at radius 3 is 2.23 bits per heavy atom. The van der Waals surface area contributed by atoms with E-state index in [0.717, 1.165) is 17.7 Å². The molecule has 0 fully saturated rings. The summed E-state index contributed by atoms with van der Waals surface area (Å²) in [5.74, 6) is -1.20. The largest absolute Gasteiger partial charge is 0.418 e. The van der Waals surface area contributed by atoms with E-state index < -0.39 is 36.1 Å². The molecule has 0 atom stereocenters. The molecule has 0 aliphatic heterocycles. The van der Waals surface area contributed by atoms with Gasteiger partial charge in [0, 0.05) is 18.7 Å². The minimum Gasteiger partial charge on any atom is -0.352 e. The van der Waals surface area contributed by atoms with Gasteiger partial charge in [-0.2, -0.15) is 13.2 Å². The lowest BCUT2D eigenvalue weighted by Gasteiger charge is -2.21. The molecule has 2 aromatic rings. The predicted molar refractivity (Wildman–Crippen MR) is 105 cm³/mol. The van der Waals surface area contributed by atoms with Gasteiger partial charge in [0.1, 0.15) is 6.54 Å². The molecule has 0 radical (unpaired) electrons. The number of benzene rings is 2. The number of amides is 4. The SMILES string of the molecule is CCN(CC(=O)Nc1ccccc1C(F)(F)F)C(=O)c1ccc(CNC(N)=O)cc1. The van der Waals surface area contributed by atoms with E-state index in [0.29, 0.717) is 5.56 Å². The van der Waals surface area contributed by atoms with Crippen molar-refractivity contribution in [1.82, 2.24) is 10.2 Å². The van der Waals surface area contributed by atoms with Crippen molar-refractivity contribution < 1.29 is 27.6 Å². The van der Waals surface area contributed by atoms with Gasteiger partial charge in [-0.05, 0) is 36.8 Å². The quantitative estimate of drug-likeness (QED) is 0.639. The Kier molecular flexibility index (Phi) is 7.40. The molecule has 7 nitrogen and oxygen atoms in total. The molecule has 0 bridgehead atoms. The lowest BCUT2D eigenvalue weighted by atomic mass is 10.1. The molecule has 0 aliphatic carbocycles. The third kappa shape index (κ3) is 6.23. The monoisotopic (exact) mass is 422 g/mol. The van der Waals surface area contributed by atoms with Crippen molar-refractivity contribution in [2.75, 3.05) is 18.4 Å². The fourth-order valence-electron chi connectivity index (χ4n) is 2.67. The molecule has 2 rings (SSSR count). The number of nitrogens with one attached hydrogen (secondary N) is 2. The highest BCUT2D eigenvalue weighted by Crippen LogP contribution is 2.34. The van der Waals surface area contributed by atoms with Crippen molar-refractivity contribution >= 4 is 23.5 Å². The highest BCUT2D eigenvalue weighted by molar-refractivity contribution is 5.99. The number of carbonyl (C=O) groups is 3. The second-order valence-electron chi connectivity index (χ2n) is 6.33. The second kappa shape index (κ2) is 9.77. The molecular weight excluding hydrogens is 401 g/mol. The van der Waals surface area contributed by atoms with Crippen LogP contribution in [0.4, 0.5) is 23.7 Å². The van der Waals surface area contributed by atoms with Crippen LogP contribution in [0.5, 0.6) is 0 Å². The molecule has 30 heavy (non-hydrogen) atoms. The fourth-order valence-corrected chi connectivity index (χ4v) is 2.67. The van der Waals surface area contributed by atoms with Gasteiger partial charge in [-0.25, -0.2) is 4.79 Å². The Hall–Kier alpha value is -3.56. The zero-order chi connectivity index (χ0) is 22.3. The van der Waals surface area contributed by atoms with Crippen molar-refractivity contribution in [3.63, 3.8) is 0 Å². The Labute approximate surface area is 171 Å². The maximum Gasteiger partial charge on any atom is 0.418 e. The van der Waals surface area contributed by atoms with Crippen molar-refractivity contribution in [2.24, 2.45) is 5.73 Å². The van der Waals surface area contributed by atoms with Crippen molar-refractivity contribution in [2.45, 2.75) is 19.6 Å². The number of para-hydroxylation sites is 1. The zero-order valence-corrected chi connectivity index (χ0v) is 16.1. The molecule has 0 unspecified atom stereocenters. The van der Waals surface area contributed by atoms with Crippen molar-refractivity contribution in [3.05, 3.63) is 65.2 Å². The van der Waals surface area contributed by atoms with Crippen LogP contribution in [-0.2, 0) is 17.5 Å². The van der Waals surface area contributed by atoms with Crippen LogP contribution in [0.2, 0.25) is 0 Å². The van der Waals surface area contributed by atoms with E-state index >= 15 is 0 Å². The molecule has 0 heterocycles. The molecule has 4 N–H and O–H groups in total. The van der Waals surface area contributed by atoms with Gasteiger partial charge in [0.05, 0.1) is 11.3 Å². The van der Waals surface area contributed by atoms with Gasteiger partial charge in [0.2, 0.25) is 5.91 Å². The topological polar surface area (TPSA) is 105 Å². The number of rotatable bonds is 7. The number of halogens is 3. The number of carbonyl (C=O) groups excluding carboxylic acids is 3. The van der Waals surface area contributed by atoms with E-state index in [1.54, 1.807) is 19.1 Å². The molecule has 10 heteroatoms. The molecule has 0 saturated heterocycles. The molecule has 2 aromatic carbocycles. The van der Waals surface area contributed by atoms with Gasteiger partial charge >= 0.3 is 12.2 Å². The summed E-state index contributed by atoms with van der Waals surface area (Å²) in [6.45, 7) is 1.62. The van der Waals surface area contributed by atoms with Crippen LogP contribution in [0.25, 0.3) is 0 Å². The minimum atomic E-state index is -4.62. The van der Waals surface area contributed by atoms with Gasteiger partial charge in [0.15, 0.2) is 0 Å². The first-order valence-corrected chi connectivity index (χ1v) is 8.99. The third-order valence-corrected chi connectivity index (χ3v) is 4.18. The van der Waals surface area contributed by atoms with Crippen LogP contribution < -0.4 is 16.4 Å². The van der Waals surface area contributed by atoms with Crippen LogP contribution in [0.15, 0.2) is 48.5 Å². The van der Waals surface area contributed by atoms with Gasteiger partial charge in [-0.3, -0.25) is 9.59 Å². The maximum absolute atomic E-state index is 13.1. The summed E-state index contributed by atoms with van der Waals surface area (Å²) in [7, 11) is 0. The zero-order valence-electron chi connectivity index (χ0n) is 16.1. The average Bonchev–Trinajstić information content (AvgIpc) is 2.70. The van der Waals surface area contributed by atoms with Crippen LogP contribution in [0.1, 0.15) is 28.4 Å². The fraction of sp³-hybridized carbons (Fsp3) is 0.250. The molecular formula is C20H21F3N4O3. The van der Waals surface area contributed by atoms with E-state index in [1.165, 1.54) is 29.2 Å². The third-order valence-electron chi connectivity index (χ3n) is 4.18. The number of nitrogens with zero attached hydrogens (tertiary/aromatic N) is 1. The standard InChI is InChI=1S/C20H21F3N4O3/c1-2-27(18(29)14-9-7-13(8-10-14)11-25-19(24)30)12-17(28)26-16-6-4-3-5-15(16)20(21,22)23/h3-10H,2,11-12H2,1H3,(H,26,28)(H3,24,25,30). The van der Waals surface area contributed by atoms with E-state index in [4.69, 9.17) is 5.73 Å². The normalized spacial score (nSPS) is 10.9. The van der Waals surface area contributed by atoms with E-state index in [-0.39, 0.29) is 18.8 Å². The van der Waals surface area contributed by atoms with Crippen molar-refractivity contribution in [3.8, 4) is 0 Å². The lowest BCUT2D eigenvalue weighted by molar-refractivity contribution is -0.137. The summed E-state index contributed by atoms with van der Waals surface area (Å²) in [5, 5.41) is 4.64. The Morgan fingerprint density at radius 1 is 1.03 bits per heavy atom. The molecule has 160 valence electrons. The number of primary amides is 1. The first-order chi connectivity index (χ1) is 14.1. The highest BCUT2D eigenvalue weighted by atomic mass is 19.4. The maximum atomic E-state index is 13.1. The summed E-state index contributed by atoms with van der Waals surface area (Å²) in [5.41, 5.74) is 4.68. The first kappa shape index (κ1) is 22.7. The van der Waals surface area contributed by atoms with Crippen molar-refractivity contribution in [1.29, 1.82) is 0 Å². The van der Waals surface area contributed by atoms with Crippen LogP contribution in [0, 0.1) is 0 Å². The molecule has 0 aromatic heterocycles. The number of urea groups is 1. The Morgan fingerprint density at radius 2 is 1.67 bits per heavy atom.